The van der Waals surface area contributed by atoms with Gasteiger partial charge in [0.2, 0.25) is 5.56 Å². The second-order valence-corrected chi connectivity index (χ2v) is 3.17. The molecule has 1 aromatic heterocycles. The summed E-state index contributed by atoms with van der Waals surface area (Å²) in [6, 6.07) is 3.89. The molecular formula is C9H11F2N3O2. The van der Waals surface area contributed by atoms with E-state index in [1.165, 1.54) is 18.2 Å². The van der Waals surface area contributed by atoms with E-state index in [1.54, 1.807) is 0 Å². The molecule has 0 unspecified atom stereocenters. The highest BCUT2D eigenvalue weighted by Crippen LogP contribution is 2.08. The van der Waals surface area contributed by atoms with Gasteiger partial charge in [0.1, 0.15) is 5.69 Å². The molecule has 88 valence electrons. The highest BCUT2D eigenvalue weighted by atomic mass is 19.3. The van der Waals surface area contributed by atoms with Gasteiger partial charge < -0.3 is 16.0 Å². The fraction of sp³-hybridized carbons (Fsp3) is 0.333. The number of carbonyl (C=O) groups excluding carboxylic acids is 1. The predicted molar refractivity (Wildman–Crippen MR) is 53.4 cm³/mol. The largest absolute Gasteiger partial charge is 0.345 e. The van der Waals surface area contributed by atoms with Gasteiger partial charge in [0.25, 0.3) is 11.8 Å². The van der Waals surface area contributed by atoms with E-state index in [0.717, 1.165) is 0 Å². The third-order valence-electron chi connectivity index (χ3n) is 1.82. The van der Waals surface area contributed by atoms with Crippen LogP contribution in [0.2, 0.25) is 0 Å². The van der Waals surface area contributed by atoms with Gasteiger partial charge in [0, 0.05) is 6.07 Å². The van der Waals surface area contributed by atoms with Gasteiger partial charge in [0.05, 0.1) is 13.1 Å². The van der Waals surface area contributed by atoms with E-state index < -0.39 is 30.5 Å². The van der Waals surface area contributed by atoms with E-state index in [1.807, 2.05) is 5.32 Å². The summed E-state index contributed by atoms with van der Waals surface area (Å²) in [5, 5.41) is 1.98. The minimum atomic E-state index is -3.15. The number of pyridine rings is 1. The summed E-state index contributed by atoms with van der Waals surface area (Å²) in [5.41, 5.74) is 4.25. The van der Waals surface area contributed by atoms with Crippen LogP contribution in [0.3, 0.4) is 0 Å². The third kappa shape index (κ3) is 3.43. The van der Waals surface area contributed by atoms with Gasteiger partial charge in [-0.3, -0.25) is 9.59 Å². The zero-order valence-corrected chi connectivity index (χ0v) is 8.30. The zero-order valence-electron chi connectivity index (χ0n) is 8.30. The Morgan fingerprint density at radius 3 is 2.75 bits per heavy atom. The van der Waals surface area contributed by atoms with Crippen LogP contribution >= 0.6 is 0 Å². The average Bonchev–Trinajstić information content (AvgIpc) is 2.26. The Morgan fingerprint density at radius 1 is 1.50 bits per heavy atom. The third-order valence-corrected chi connectivity index (χ3v) is 1.82. The van der Waals surface area contributed by atoms with Crippen LogP contribution in [-0.4, -0.2) is 29.9 Å². The predicted octanol–water partition coefficient (Wildman–Crippen LogP) is -0.301. The zero-order chi connectivity index (χ0) is 12.2. The molecule has 0 aliphatic rings. The number of rotatable bonds is 4. The summed E-state index contributed by atoms with van der Waals surface area (Å²) in [6.07, 6.45) is 0. The summed E-state index contributed by atoms with van der Waals surface area (Å²) in [7, 11) is 0. The number of H-pyrrole nitrogens is 1. The number of hydrogen-bond acceptors (Lipinski definition) is 3. The van der Waals surface area contributed by atoms with Crippen molar-refractivity contribution in [2.75, 3.05) is 13.1 Å². The SMILES string of the molecule is NCC(F)(F)CNC(=O)c1cccc(=O)[nH]1. The summed E-state index contributed by atoms with van der Waals surface area (Å²) in [5.74, 6) is -3.92. The number of amides is 1. The quantitative estimate of drug-likeness (QED) is 0.664. The average molecular weight is 231 g/mol. The molecule has 0 radical (unpaired) electrons. The van der Waals surface area contributed by atoms with Crippen LogP contribution in [0.4, 0.5) is 8.78 Å². The number of carbonyl (C=O) groups is 1. The van der Waals surface area contributed by atoms with Gasteiger partial charge in [-0.15, -0.1) is 0 Å². The summed E-state index contributed by atoms with van der Waals surface area (Å²) < 4.78 is 25.4. The smallest absolute Gasteiger partial charge is 0.277 e. The van der Waals surface area contributed by atoms with E-state index in [-0.39, 0.29) is 5.69 Å². The molecular weight excluding hydrogens is 220 g/mol. The summed E-state index contributed by atoms with van der Waals surface area (Å²) in [4.78, 5) is 24.4. The molecule has 5 nitrogen and oxygen atoms in total. The number of alkyl halides is 2. The lowest BCUT2D eigenvalue weighted by Crippen LogP contribution is -2.41. The molecule has 0 saturated carbocycles. The van der Waals surface area contributed by atoms with Crippen molar-refractivity contribution in [3.8, 4) is 0 Å². The molecule has 7 heteroatoms. The lowest BCUT2D eigenvalue weighted by Gasteiger charge is -2.14. The van der Waals surface area contributed by atoms with Crippen LogP contribution in [-0.2, 0) is 0 Å². The molecule has 4 N–H and O–H groups in total. The lowest BCUT2D eigenvalue weighted by atomic mass is 10.3. The highest BCUT2D eigenvalue weighted by Gasteiger charge is 2.27. The molecule has 0 saturated heterocycles. The Hall–Kier alpha value is -1.76. The fourth-order valence-corrected chi connectivity index (χ4v) is 0.957. The second kappa shape index (κ2) is 4.84. The molecule has 1 rings (SSSR count). The molecule has 1 amide bonds. The number of hydrogen-bond donors (Lipinski definition) is 3. The monoisotopic (exact) mass is 231 g/mol. The Balaban J connectivity index is 2.63. The number of nitrogens with two attached hydrogens (primary N) is 1. The Bertz CT molecular complexity index is 431. The number of nitrogens with one attached hydrogen (secondary N) is 2. The van der Waals surface area contributed by atoms with Crippen molar-refractivity contribution in [2.24, 2.45) is 5.73 Å². The summed E-state index contributed by atoms with van der Waals surface area (Å²) in [6.45, 7) is -1.71. The topological polar surface area (TPSA) is 88.0 Å². The number of halogens is 2. The van der Waals surface area contributed by atoms with Crippen molar-refractivity contribution in [2.45, 2.75) is 5.92 Å². The van der Waals surface area contributed by atoms with E-state index in [4.69, 9.17) is 5.73 Å². The molecule has 0 aromatic carbocycles. The first-order chi connectivity index (χ1) is 7.44. The van der Waals surface area contributed by atoms with Gasteiger partial charge in [-0.25, -0.2) is 8.78 Å². The van der Waals surface area contributed by atoms with Crippen LogP contribution in [0.1, 0.15) is 10.5 Å². The van der Waals surface area contributed by atoms with Crippen molar-refractivity contribution in [3.63, 3.8) is 0 Å². The normalized spacial score (nSPS) is 11.2. The molecule has 0 aliphatic heterocycles. The Morgan fingerprint density at radius 2 is 2.19 bits per heavy atom. The molecule has 1 heterocycles. The van der Waals surface area contributed by atoms with E-state index in [2.05, 4.69) is 4.98 Å². The van der Waals surface area contributed by atoms with Crippen molar-refractivity contribution >= 4 is 5.91 Å². The van der Waals surface area contributed by atoms with Crippen molar-refractivity contribution in [3.05, 3.63) is 34.2 Å². The minimum Gasteiger partial charge on any atom is -0.345 e. The second-order valence-electron chi connectivity index (χ2n) is 3.17. The highest BCUT2D eigenvalue weighted by molar-refractivity contribution is 5.92. The van der Waals surface area contributed by atoms with Gasteiger partial charge in [-0.05, 0) is 6.07 Å². The van der Waals surface area contributed by atoms with Gasteiger partial charge in [-0.2, -0.15) is 0 Å². The maximum atomic E-state index is 12.7. The number of aromatic nitrogens is 1. The van der Waals surface area contributed by atoms with Crippen molar-refractivity contribution in [1.82, 2.24) is 10.3 Å². The molecule has 16 heavy (non-hydrogen) atoms. The van der Waals surface area contributed by atoms with Gasteiger partial charge in [-0.1, -0.05) is 6.07 Å². The van der Waals surface area contributed by atoms with E-state index in [0.29, 0.717) is 0 Å². The molecule has 0 aliphatic carbocycles. The van der Waals surface area contributed by atoms with Crippen molar-refractivity contribution in [1.29, 1.82) is 0 Å². The molecule has 0 fully saturated rings. The van der Waals surface area contributed by atoms with Crippen LogP contribution < -0.4 is 16.6 Å². The van der Waals surface area contributed by atoms with E-state index in [9.17, 15) is 18.4 Å². The van der Waals surface area contributed by atoms with Crippen LogP contribution in [0.5, 0.6) is 0 Å². The van der Waals surface area contributed by atoms with E-state index >= 15 is 0 Å². The molecule has 0 spiro atoms. The Kier molecular flexibility index (Phi) is 3.73. The maximum Gasteiger partial charge on any atom is 0.277 e. The lowest BCUT2D eigenvalue weighted by molar-refractivity contribution is 0.0118. The van der Waals surface area contributed by atoms with Gasteiger partial charge in [0.15, 0.2) is 0 Å². The van der Waals surface area contributed by atoms with Crippen LogP contribution in [0.25, 0.3) is 0 Å². The standard InChI is InChI=1S/C9H11F2N3O2/c10-9(11,4-12)5-13-8(16)6-2-1-3-7(15)14-6/h1-3H,4-5,12H2,(H,13,16)(H,14,15). The van der Waals surface area contributed by atoms with Crippen LogP contribution in [0.15, 0.2) is 23.0 Å². The van der Waals surface area contributed by atoms with Crippen LogP contribution in [0, 0.1) is 0 Å². The molecule has 0 bridgehead atoms. The van der Waals surface area contributed by atoms with Gasteiger partial charge >= 0.3 is 0 Å². The first-order valence-corrected chi connectivity index (χ1v) is 4.50. The minimum absolute atomic E-state index is 0.0691. The Labute approximate surface area is 89.7 Å². The van der Waals surface area contributed by atoms with Crippen molar-refractivity contribution < 1.29 is 13.6 Å². The fourth-order valence-electron chi connectivity index (χ4n) is 0.957. The first kappa shape index (κ1) is 12.3. The maximum absolute atomic E-state index is 12.7. The number of aromatic amines is 1. The summed E-state index contributed by atoms with van der Waals surface area (Å²) >= 11 is 0. The first-order valence-electron chi connectivity index (χ1n) is 4.50. The molecule has 0 atom stereocenters. The molecule has 1 aromatic rings.